The van der Waals surface area contributed by atoms with Gasteiger partial charge in [-0.25, -0.2) is 13.2 Å². The van der Waals surface area contributed by atoms with Gasteiger partial charge in [-0.1, -0.05) is 6.07 Å². The lowest BCUT2D eigenvalue weighted by molar-refractivity contribution is 0.00847. The van der Waals surface area contributed by atoms with Crippen LogP contribution in [0.3, 0.4) is 0 Å². The number of hydrazine groups is 1. The van der Waals surface area contributed by atoms with Gasteiger partial charge in [-0.3, -0.25) is 11.3 Å². The molecule has 20 heavy (non-hydrogen) atoms. The maximum atomic E-state index is 13.7. The molecule has 0 saturated carbocycles. The summed E-state index contributed by atoms with van der Waals surface area (Å²) in [4.78, 5) is 0. The number of halogens is 3. The van der Waals surface area contributed by atoms with E-state index in [2.05, 4.69) is 5.43 Å². The molecule has 0 aromatic heterocycles. The summed E-state index contributed by atoms with van der Waals surface area (Å²) in [5.41, 5.74) is 2.50. The van der Waals surface area contributed by atoms with Gasteiger partial charge in [0.25, 0.3) is 0 Å². The van der Waals surface area contributed by atoms with Gasteiger partial charge in [0.15, 0.2) is 17.5 Å². The molecule has 1 aliphatic heterocycles. The van der Waals surface area contributed by atoms with Gasteiger partial charge in [-0.05, 0) is 38.2 Å². The molecule has 1 saturated heterocycles. The van der Waals surface area contributed by atoms with E-state index in [0.717, 1.165) is 31.9 Å². The lowest BCUT2D eigenvalue weighted by atomic mass is 9.97. The van der Waals surface area contributed by atoms with E-state index in [1.54, 1.807) is 0 Å². The number of hydrogen-bond donors (Lipinski definition) is 2. The largest absolute Gasteiger partial charge is 0.378 e. The minimum absolute atomic E-state index is 0.0437. The van der Waals surface area contributed by atoms with Crippen molar-refractivity contribution < 1.29 is 17.9 Å². The van der Waals surface area contributed by atoms with E-state index in [-0.39, 0.29) is 11.7 Å². The van der Waals surface area contributed by atoms with E-state index < -0.39 is 23.5 Å². The highest BCUT2D eigenvalue weighted by atomic mass is 19.2. The summed E-state index contributed by atoms with van der Waals surface area (Å²) in [6.45, 7) is 0.741. The molecule has 0 bridgehead atoms. The van der Waals surface area contributed by atoms with Gasteiger partial charge < -0.3 is 4.74 Å². The minimum Gasteiger partial charge on any atom is -0.378 e. The lowest BCUT2D eigenvalue weighted by Gasteiger charge is -2.25. The first kappa shape index (κ1) is 15.3. The van der Waals surface area contributed by atoms with Crippen LogP contribution in [-0.2, 0) is 4.74 Å². The van der Waals surface area contributed by atoms with Crippen LogP contribution in [0.2, 0.25) is 0 Å². The molecular formula is C14H19F3N2O. The fraction of sp³-hybridized carbons (Fsp3) is 0.571. The van der Waals surface area contributed by atoms with E-state index >= 15 is 0 Å². The van der Waals surface area contributed by atoms with E-state index in [4.69, 9.17) is 10.6 Å². The maximum absolute atomic E-state index is 13.7. The van der Waals surface area contributed by atoms with Crippen molar-refractivity contribution in [3.63, 3.8) is 0 Å². The molecule has 6 heteroatoms. The second-order valence-electron chi connectivity index (χ2n) is 5.05. The van der Waals surface area contributed by atoms with E-state index in [1.165, 1.54) is 6.07 Å². The fourth-order valence-electron chi connectivity index (χ4n) is 2.53. The van der Waals surface area contributed by atoms with Crippen molar-refractivity contribution in [3.05, 3.63) is 35.1 Å². The maximum Gasteiger partial charge on any atom is 0.194 e. The predicted octanol–water partition coefficient (Wildman–Crippen LogP) is 2.96. The summed E-state index contributed by atoms with van der Waals surface area (Å²) < 4.78 is 45.5. The summed E-state index contributed by atoms with van der Waals surface area (Å²) in [5, 5.41) is 0. The Hall–Kier alpha value is -1.11. The topological polar surface area (TPSA) is 47.3 Å². The van der Waals surface area contributed by atoms with Crippen molar-refractivity contribution in [2.45, 2.75) is 44.2 Å². The molecule has 2 atom stereocenters. The van der Waals surface area contributed by atoms with Gasteiger partial charge in [0.1, 0.15) is 0 Å². The molecule has 2 unspecified atom stereocenters. The zero-order chi connectivity index (χ0) is 14.5. The summed E-state index contributed by atoms with van der Waals surface area (Å²) in [7, 11) is 0. The van der Waals surface area contributed by atoms with Crippen molar-refractivity contribution in [2.75, 3.05) is 6.61 Å². The van der Waals surface area contributed by atoms with Crippen molar-refractivity contribution in [2.24, 2.45) is 5.84 Å². The van der Waals surface area contributed by atoms with Crippen molar-refractivity contribution in [1.82, 2.24) is 5.43 Å². The average molecular weight is 288 g/mol. The quantitative estimate of drug-likeness (QED) is 0.497. The molecule has 1 aliphatic rings. The zero-order valence-electron chi connectivity index (χ0n) is 11.2. The molecule has 0 amide bonds. The highest BCUT2D eigenvalue weighted by Gasteiger charge is 2.22. The minimum atomic E-state index is -1.46. The Labute approximate surface area is 116 Å². The molecule has 1 aromatic carbocycles. The standard InChI is InChI=1S/C14H19F3N2O/c15-11-6-5-10(13(16)14(11)17)12(19-18)7-4-9-3-1-2-8-20-9/h5-6,9,12,19H,1-4,7-8,18H2. The van der Waals surface area contributed by atoms with Gasteiger partial charge in [0.2, 0.25) is 0 Å². The number of ether oxygens (including phenoxy) is 1. The number of nitrogens with one attached hydrogen (secondary N) is 1. The van der Waals surface area contributed by atoms with E-state index in [9.17, 15) is 13.2 Å². The van der Waals surface area contributed by atoms with Crippen LogP contribution in [0.4, 0.5) is 13.2 Å². The second kappa shape index (κ2) is 7.06. The monoisotopic (exact) mass is 288 g/mol. The number of rotatable bonds is 5. The Morgan fingerprint density at radius 3 is 2.70 bits per heavy atom. The summed E-state index contributed by atoms with van der Waals surface area (Å²) in [5.74, 6) is 1.56. The normalized spacial score (nSPS) is 20.9. The lowest BCUT2D eigenvalue weighted by Crippen LogP contribution is -2.30. The molecule has 3 nitrogen and oxygen atoms in total. The first-order valence-electron chi connectivity index (χ1n) is 6.84. The van der Waals surface area contributed by atoms with Crippen LogP contribution in [0.15, 0.2) is 12.1 Å². The van der Waals surface area contributed by atoms with E-state index in [1.807, 2.05) is 0 Å². The first-order chi connectivity index (χ1) is 9.63. The van der Waals surface area contributed by atoms with E-state index in [0.29, 0.717) is 12.8 Å². The Balaban J connectivity index is 2.02. The number of hydrogen-bond acceptors (Lipinski definition) is 3. The summed E-state index contributed by atoms with van der Waals surface area (Å²) in [6.07, 6.45) is 4.49. The molecule has 2 rings (SSSR count). The molecule has 3 N–H and O–H groups in total. The molecule has 0 spiro atoms. The third kappa shape index (κ3) is 3.50. The van der Waals surface area contributed by atoms with Crippen LogP contribution >= 0.6 is 0 Å². The van der Waals surface area contributed by atoms with Crippen LogP contribution in [0.25, 0.3) is 0 Å². The van der Waals surface area contributed by atoms with Gasteiger partial charge in [-0.2, -0.15) is 0 Å². The fourth-order valence-corrected chi connectivity index (χ4v) is 2.53. The van der Waals surface area contributed by atoms with Crippen molar-refractivity contribution in [3.8, 4) is 0 Å². The molecule has 112 valence electrons. The Kier molecular flexibility index (Phi) is 5.39. The Bertz CT molecular complexity index is 450. The van der Waals surface area contributed by atoms with Crippen molar-refractivity contribution >= 4 is 0 Å². The summed E-state index contributed by atoms with van der Waals surface area (Å²) >= 11 is 0. The van der Waals surface area contributed by atoms with Crippen LogP contribution < -0.4 is 11.3 Å². The summed E-state index contributed by atoms with van der Waals surface area (Å²) in [6, 6.07) is 1.57. The smallest absolute Gasteiger partial charge is 0.194 e. The third-order valence-electron chi connectivity index (χ3n) is 3.69. The highest BCUT2D eigenvalue weighted by molar-refractivity contribution is 5.23. The van der Waals surface area contributed by atoms with Crippen LogP contribution in [0, 0.1) is 17.5 Å². The highest BCUT2D eigenvalue weighted by Crippen LogP contribution is 2.26. The molecule has 0 aliphatic carbocycles. The molecule has 1 aromatic rings. The molecule has 1 heterocycles. The van der Waals surface area contributed by atoms with Gasteiger partial charge in [-0.15, -0.1) is 0 Å². The van der Waals surface area contributed by atoms with Gasteiger partial charge in [0, 0.05) is 18.2 Å². The molecule has 0 radical (unpaired) electrons. The third-order valence-corrected chi connectivity index (χ3v) is 3.69. The van der Waals surface area contributed by atoms with Crippen LogP contribution in [0.1, 0.15) is 43.7 Å². The Morgan fingerprint density at radius 2 is 2.05 bits per heavy atom. The van der Waals surface area contributed by atoms with Crippen LogP contribution in [-0.4, -0.2) is 12.7 Å². The number of nitrogens with two attached hydrogens (primary N) is 1. The SMILES string of the molecule is NNC(CCC1CCCCO1)c1ccc(F)c(F)c1F. The average Bonchev–Trinajstić information content (AvgIpc) is 2.48. The van der Waals surface area contributed by atoms with Gasteiger partial charge >= 0.3 is 0 Å². The molecular weight excluding hydrogens is 269 g/mol. The zero-order valence-corrected chi connectivity index (χ0v) is 11.2. The van der Waals surface area contributed by atoms with Crippen LogP contribution in [0.5, 0.6) is 0 Å². The second-order valence-corrected chi connectivity index (χ2v) is 5.05. The Morgan fingerprint density at radius 1 is 1.25 bits per heavy atom. The molecule has 1 fully saturated rings. The predicted molar refractivity (Wildman–Crippen MR) is 69.2 cm³/mol. The van der Waals surface area contributed by atoms with Crippen molar-refractivity contribution in [1.29, 1.82) is 0 Å². The first-order valence-corrected chi connectivity index (χ1v) is 6.84. The number of benzene rings is 1. The van der Waals surface area contributed by atoms with Gasteiger partial charge in [0.05, 0.1) is 6.10 Å².